The summed E-state index contributed by atoms with van der Waals surface area (Å²) in [6, 6.07) is 6.30. The zero-order chi connectivity index (χ0) is 16.4. The molecule has 0 N–H and O–H groups in total. The molecule has 0 bridgehead atoms. The number of fused-ring (bicyclic) bond motifs is 1. The Hall–Kier alpha value is -2.67. The van der Waals surface area contributed by atoms with E-state index in [-0.39, 0.29) is 6.04 Å². The summed E-state index contributed by atoms with van der Waals surface area (Å²) in [5, 5.41) is 0. The molecule has 3 aromatic rings. The maximum absolute atomic E-state index is 5.80. The van der Waals surface area contributed by atoms with Crippen LogP contribution in [0, 0.1) is 0 Å². The number of imidazole rings is 1. The molecule has 1 unspecified atom stereocenters. The Morgan fingerprint density at radius 3 is 2.92 bits per heavy atom. The molecule has 7 heteroatoms. The molecule has 0 fully saturated rings. The van der Waals surface area contributed by atoms with E-state index in [2.05, 4.69) is 24.4 Å². The first kappa shape index (κ1) is 14.9. The minimum absolute atomic E-state index is 0.210. The number of nitrogens with zero attached hydrogens (tertiary/aromatic N) is 5. The minimum atomic E-state index is 0.210. The Labute approximate surface area is 139 Å². The third-order valence-corrected chi connectivity index (χ3v) is 4.33. The van der Waals surface area contributed by atoms with E-state index < -0.39 is 0 Å². The van der Waals surface area contributed by atoms with Crippen LogP contribution in [0.4, 0.5) is 0 Å². The summed E-state index contributed by atoms with van der Waals surface area (Å²) < 4.78 is 13.4. The zero-order valence-electron chi connectivity index (χ0n) is 13.5. The Kier molecular flexibility index (Phi) is 4.00. The summed E-state index contributed by atoms with van der Waals surface area (Å²) in [6.07, 6.45) is 7.82. The maximum atomic E-state index is 5.80. The first-order chi connectivity index (χ1) is 11.8. The molecule has 4 rings (SSSR count). The molecule has 24 heavy (non-hydrogen) atoms. The van der Waals surface area contributed by atoms with Crippen molar-refractivity contribution in [2.75, 3.05) is 6.61 Å². The van der Waals surface area contributed by atoms with Crippen molar-refractivity contribution in [3.8, 4) is 6.01 Å². The molecule has 0 aliphatic carbocycles. The highest BCUT2D eigenvalue weighted by atomic mass is 16.5. The lowest BCUT2D eigenvalue weighted by atomic mass is 10.0. The standard InChI is InChI=1S/C17H19N5O2/c1-21-12-20-15-10-22(9-14-4-2-7-23-14)13(8-16(15)21)11-24-17-18-5-3-6-19-17/h2-7,12-13H,8-11H2,1H3. The van der Waals surface area contributed by atoms with Crippen LogP contribution in [-0.4, -0.2) is 37.1 Å². The van der Waals surface area contributed by atoms with Gasteiger partial charge >= 0.3 is 6.01 Å². The minimum Gasteiger partial charge on any atom is -0.468 e. The summed E-state index contributed by atoms with van der Waals surface area (Å²) in [7, 11) is 2.03. The summed E-state index contributed by atoms with van der Waals surface area (Å²) in [4.78, 5) is 15.1. The normalized spacial score (nSPS) is 17.6. The van der Waals surface area contributed by atoms with Crippen molar-refractivity contribution in [3.63, 3.8) is 0 Å². The number of furan rings is 1. The van der Waals surface area contributed by atoms with Crippen molar-refractivity contribution in [1.29, 1.82) is 0 Å². The van der Waals surface area contributed by atoms with E-state index in [1.165, 1.54) is 5.69 Å². The van der Waals surface area contributed by atoms with Crippen molar-refractivity contribution in [1.82, 2.24) is 24.4 Å². The van der Waals surface area contributed by atoms with Crippen LogP contribution in [0.5, 0.6) is 6.01 Å². The quantitative estimate of drug-likeness (QED) is 0.712. The molecule has 0 saturated heterocycles. The molecule has 1 aliphatic heterocycles. The fourth-order valence-electron chi connectivity index (χ4n) is 3.05. The molecule has 0 amide bonds. The van der Waals surface area contributed by atoms with Gasteiger partial charge in [0.1, 0.15) is 12.4 Å². The lowest BCUT2D eigenvalue weighted by molar-refractivity contribution is 0.0955. The Bertz CT molecular complexity index is 785. The molecule has 0 saturated carbocycles. The van der Waals surface area contributed by atoms with E-state index in [0.717, 1.165) is 31.0 Å². The number of hydrogen-bond acceptors (Lipinski definition) is 6. The maximum Gasteiger partial charge on any atom is 0.316 e. The van der Waals surface area contributed by atoms with Gasteiger partial charge in [-0.15, -0.1) is 0 Å². The van der Waals surface area contributed by atoms with Crippen LogP contribution in [0.1, 0.15) is 17.1 Å². The highest BCUT2D eigenvalue weighted by molar-refractivity contribution is 5.18. The van der Waals surface area contributed by atoms with Gasteiger partial charge in [0, 0.05) is 38.1 Å². The summed E-state index contributed by atoms with van der Waals surface area (Å²) in [5.41, 5.74) is 2.38. The largest absolute Gasteiger partial charge is 0.468 e. The van der Waals surface area contributed by atoms with Crippen molar-refractivity contribution >= 4 is 0 Å². The highest BCUT2D eigenvalue weighted by Crippen LogP contribution is 2.24. The van der Waals surface area contributed by atoms with Gasteiger partial charge in [-0.25, -0.2) is 15.0 Å². The Balaban J connectivity index is 1.52. The first-order valence-electron chi connectivity index (χ1n) is 7.95. The second-order valence-corrected chi connectivity index (χ2v) is 5.93. The molecule has 0 aromatic carbocycles. The molecule has 1 atom stereocenters. The first-order valence-corrected chi connectivity index (χ1v) is 7.95. The third kappa shape index (κ3) is 3.03. The topological polar surface area (TPSA) is 69.2 Å². The van der Waals surface area contributed by atoms with Gasteiger partial charge in [-0.3, -0.25) is 4.90 Å². The van der Waals surface area contributed by atoms with Gasteiger partial charge in [-0.1, -0.05) is 0 Å². The number of ether oxygens (including phenoxy) is 1. The molecule has 3 aromatic heterocycles. The average Bonchev–Trinajstić information content (AvgIpc) is 3.24. The monoisotopic (exact) mass is 325 g/mol. The van der Waals surface area contributed by atoms with E-state index in [1.54, 1.807) is 24.7 Å². The molecular formula is C17H19N5O2. The zero-order valence-corrected chi connectivity index (χ0v) is 13.5. The third-order valence-electron chi connectivity index (χ3n) is 4.33. The number of rotatable bonds is 5. The predicted octanol–water partition coefficient (Wildman–Crippen LogP) is 1.81. The van der Waals surface area contributed by atoms with Gasteiger partial charge < -0.3 is 13.7 Å². The van der Waals surface area contributed by atoms with E-state index in [0.29, 0.717) is 12.6 Å². The van der Waals surface area contributed by atoms with Gasteiger partial charge in [-0.05, 0) is 18.2 Å². The highest BCUT2D eigenvalue weighted by Gasteiger charge is 2.30. The van der Waals surface area contributed by atoms with Crippen LogP contribution in [0.15, 0.2) is 47.6 Å². The van der Waals surface area contributed by atoms with E-state index >= 15 is 0 Å². The number of aryl methyl sites for hydroxylation is 1. The van der Waals surface area contributed by atoms with Crippen LogP contribution in [0.25, 0.3) is 0 Å². The van der Waals surface area contributed by atoms with Crippen LogP contribution in [0.3, 0.4) is 0 Å². The molecule has 124 valence electrons. The summed E-state index contributed by atoms with van der Waals surface area (Å²) >= 11 is 0. The number of aromatic nitrogens is 4. The smallest absolute Gasteiger partial charge is 0.316 e. The Morgan fingerprint density at radius 2 is 2.12 bits per heavy atom. The molecule has 0 radical (unpaired) electrons. The van der Waals surface area contributed by atoms with Gasteiger partial charge in [0.05, 0.1) is 30.9 Å². The van der Waals surface area contributed by atoms with Crippen LogP contribution in [-0.2, 0) is 26.6 Å². The predicted molar refractivity (Wildman–Crippen MR) is 86.2 cm³/mol. The van der Waals surface area contributed by atoms with Crippen molar-refractivity contribution in [2.24, 2.45) is 7.05 Å². The van der Waals surface area contributed by atoms with Gasteiger partial charge in [0.15, 0.2) is 0 Å². The fraction of sp³-hybridized carbons (Fsp3) is 0.353. The van der Waals surface area contributed by atoms with Crippen LogP contribution in [0.2, 0.25) is 0 Å². The molecule has 7 nitrogen and oxygen atoms in total. The van der Waals surface area contributed by atoms with E-state index in [1.807, 2.05) is 25.5 Å². The SMILES string of the molecule is Cn1cnc2c1CC(COc1ncccn1)N(Cc1ccco1)C2. The molecular weight excluding hydrogens is 306 g/mol. The van der Waals surface area contributed by atoms with Crippen molar-refractivity contribution < 1.29 is 9.15 Å². The molecule has 0 spiro atoms. The van der Waals surface area contributed by atoms with Crippen molar-refractivity contribution in [3.05, 3.63) is 60.3 Å². The average molecular weight is 325 g/mol. The van der Waals surface area contributed by atoms with Crippen molar-refractivity contribution in [2.45, 2.75) is 25.6 Å². The molecule has 4 heterocycles. The van der Waals surface area contributed by atoms with Gasteiger partial charge in [-0.2, -0.15) is 0 Å². The van der Waals surface area contributed by atoms with E-state index in [9.17, 15) is 0 Å². The lowest BCUT2D eigenvalue weighted by Gasteiger charge is -2.34. The van der Waals surface area contributed by atoms with E-state index in [4.69, 9.17) is 9.15 Å². The summed E-state index contributed by atoms with van der Waals surface area (Å²) in [6.45, 7) is 2.03. The van der Waals surface area contributed by atoms with Gasteiger partial charge in [0.25, 0.3) is 0 Å². The summed E-state index contributed by atoms with van der Waals surface area (Å²) in [5.74, 6) is 0.940. The Morgan fingerprint density at radius 1 is 1.25 bits per heavy atom. The second-order valence-electron chi connectivity index (χ2n) is 5.93. The fourth-order valence-corrected chi connectivity index (χ4v) is 3.05. The van der Waals surface area contributed by atoms with Crippen LogP contribution < -0.4 is 4.74 Å². The van der Waals surface area contributed by atoms with Crippen LogP contribution >= 0.6 is 0 Å². The lowest BCUT2D eigenvalue weighted by Crippen LogP contribution is -2.44. The second kappa shape index (κ2) is 6.45. The number of hydrogen-bond donors (Lipinski definition) is 0. The van der Waals surface area contributed by atoms with Gasteiger partial charge in [0.2, 0.25) is 0 Å². The molecule has 1 aliphatic rings.